The molecule has 0 saturated heterocycles. The molecule has 17 heavy (non-hydrogen) atoms. The minimum absolute atomic E-state index is 0.372. The summed E-state index contributed by atoms with van der Waals surface area (Å²) in [6.45, 7) is 4.43. The van der Waals surface area contributed by atoms with Crippen LogP contribution in [0.2, 0.25) is 0 Å². The van der Waals surface area contributed by atoms with E-state index in [1.54, 1.807) is 6.08 Å². The average Bonchev–Trinajstić information content (AvgIpc) is 2.28. The van der Waals surface area contributed by atoms with E-state index < -0.39 is 0 Å². The highest BCUT2D eigenvalue weighted by atomic mass is 16.1. The van der Waals surface area contributed by atoms with Gasteiger partial charge >= 0.3 is 0 Å². The van der Waals surface area contributed by atoms with Crippen molar-refractivity contribution in [1.82, 2.24) is 0 Å². The van der Waals surface area contributed by atoms with Crippen molar-refractivity contribution in [3.05, 3.63) is 23.8 Å². The van der Waals surface area contributed by atoms with Gasteiger partial charge in [-0.2, -0.15) is 0 Å². The molecule has 0 radical (unpaired) electrons. The Balaban J connectivity index is 4.12. The van der Waals surface area contributed by atoms with E-state index in [0.29, 0.717) is 0 Å². The molecule has 0 saturated carbocycles. The summed E-state index contributed by atoms with van der Waals surface area (Å²) in [6.07, 6.45) is 15.2. The molecular formula is C15H27NO. The lowest BCUT2D eigenvalue weighted by Crippen LogP contribution is -2.04. The first-order valence-electron chi connectivity index (χ1n) is 6.86. The van der Waals surface area contributed by atoms with Gasteiger partial charge in [-0.25, -0.2) is 0 Å². The molecule has 0 bridgehead atoms. The Morgan fingerprint density at radius 2 is 1.53 bits per heavy atom. The normalized spacial score (nSPS) is 10.7. The van der Waals surface area contributed by atoms with Crippen LogP contribution < -0.4 is 5.73 Å². The summed E-state index contributed by atoms with van der Waals surface area (Å²) in [5.41, 5.74) is 6.52. The Morgan fingerprint density at radius 1 is 1.00 bits per heavy atom. The number of carbonyl (C=O) groups is 1. The summed E-state index contributed by atoms with van der Waals surface area (Å²) in [4.78, 5) is 10.6. The van der Waals surface area contributed by atoms with Gasteiger partial charge in [0.25, 0.3) is 0 Å². The van der Waals surface area contributed by atoms with Crippen LogP contribution in [0, 0.1) is 0 Å². The van der Waals surface area contributed by atoms with E-state index in [0.717, 1.165) is 12.8 Å². The summed E-state index contributed by atoms with van der Waals surface area (Å²) in [5.74, 6) is -0.372. The third kappa shape index (κ3) is 11.2. The molecule has 0 rings (SSSR count). The third-order valence-corrected chi connectivity index (χ3v) is 2.80. The third-order valence-electron chi connectivity index (χ3n) is 2.80. The smallest absolute Gasteiger partial charge is 0.241 e. The predicted molar refractivity (Wildman–Crippen MR) is 74.7 cm³/mol. The van der Waals surface area contributed by atoms with Crippen molar-refractivity contribution in [2.45, 2.75) is 65.2 Å². The van der Waals surface area contributed by atoms with Crippen LogP contribution in [-0.2, 0) is 4.79 Å². The van der Waals surface area contributed by atoms with Crippen LogP contribution in [0.3, 0.4) is 0 Å². The lowest BCUT2D eigenvalue weighted by Gasteiger charge is -2.06. The molecule has 2 heteroatoms. The number of unbranched alkanes of at least 4 members (excludes halogenated alkanes) is 4. The number of rotatable bonds is 10. The second kappa shape index (κ2) is 11.4. The number of allylic oxidation sites excluding steroid dienone is 3. The molecule has 0 unspecified atom stereocenters. The van der Waals surface area contributed by atoms with Crippen LogP contribution in [0.25, 0.3) is 0 Å². The molecule has 0 aliphatic heterocycles. The summed E-state index contributed by atoms with van der Waals surface area (Å²) >= 11 is 0. The molecule has 1 amide bonds. The van der Waals surface area contributed by atoms with Gasteiger partial charge < -0.3 is 5.73 Å². The largest absolute Gasteiger partial charge is 0.366 e. The van der Waals surface area contributed by atoms with Gasteiger partial charge in [0.05, 0.1) is 0 Å². The lowest BCUT2D eigenvalue weighted by molar-refractivity contribution is -0.113. The Hall–Kier alpha value is -1.05. The fraction of sp³-hybridized carbons (Fsp3) is 0.667. The van der Waals surface area contributed by atoms with Gasteiger partial charge in [-0.3, -0.25) is 4.79 Å². The van der Waals surface area contributed by atoms with E-state index in [1.807, 2.05) is 0 Å². The maximum absolute atomic E-state index is 10.6. The zero-order valence-corrected chi connectivity index (χ0v) is 11.4. The Kier molecular flexibility index (Phi) is 10.7. The number of carbonyl (C=O) groups excluding carboxylic acids is 1. The van der Waals surface area contributed by atoms with Gasteiger partial charge in [0.15, 0.2) is 0 Å². The van der Waals surface area contributed by atoms with Gasteiger partial charge in [-0.15, -0.1) is 0 Å². The molecular weight excluding hydrogens is 210 g/mol. The predicted octanol–water partition coefficient (Wildman–Crippen LogP) is 4.11. The van der Waals surface area contributed by atoms with Crippen molar-refractivity contribution in [3.63, 3.8) is 0 Å². The SMILES string of the molecule is CCCCCC(=C/C=C/C(N)=O)CCCCC. The molecule has 0 heterocycles. The molecule has 0 aromatic carbocycles. The summed E-state index contributed by atoms with van der Waals surface area (Å²) in [7, 11) is 0. The van der Waals surface area contributed by atoms with Gasteiger partial charge in [-0.1, -0.05) is 57.3 Å². The van der Waals surface area contributed by atoms with Crippen LogP contribution in [-0.4, -0.2) is 5.91 Å². The average molecular weight is 237 g/mol. The molecule has 0 aromatic rings. The number of hydrogen-bond acceptors (Lipinski definition) is 1. The number of primary amides is 1. The summed E-state index contributed by atoms with van der Waals surface area (Å²) < 4.78 is 0. The van der Waals surface area contributed by atoms with Crippen LogP contribution in [0.4, 0.5) is 0 Å². The lowest BCUT2D eigenvalue weighted by atomic mass is 10.0. The quantitative estimate of drug-likeness (QED) is 0.347. The Labute approximate surface area is 106 Å². The topological polar surface area (TPSA) is 43.1 Å². The second-order valence-corrected chi connectivity index (χ2v) is 4.50. The first-order chi connectivity index (χ1) is 8.20. The minimum atomic E-state index is -0.372. The maximum Gasteiger partial charge on any atom is 0.241 e. The molecule has 0 aliphatic carbocycles. The van der Waals surface area contributed by atoms with E-state index in [-0.39, 0.29) is 5.91 Å². The molecule has 0 atom stereocenters. The fourth-order valence-electron chi connectivity index (χ4n) is 1.77. The number of hydrogen-bond donors (Lipinski definition) is 1. The fourth-order valence-corrected chi connectivity index (χ4v) is 1.77. The van der Waals surface area contributed by atoms with E-state index in [4.69, 9.17) is 5.73 Å². The highest BCUT2D eigenvalue weighted by Gasteiger charge is 1.97. The molecule has 0 fully saturated rings. The highest BCUT2D eigenvalue weighted by molar-refractivity contribution is 5.85. The number of nitrogens with two attached hydrogens (primary N) is 1. The van der Waals surface area contributed by atoms with Crippen molar-refractivity contribution >= 4 is 5.91 Å². The van der Waals surface area contributed by atoms with Crippen LogP contribution in [0.5, 0.6) is 0 Å². The zero-order valence-electron chi connectivity index (χ0n) is 11.4. The molecule has 0 aromatic heterocycles. The minimum Gasteiger partial charge on any atom is -0.366 e. The van der Waals surface area contributed by atoms with Gasteiger partial charge in [-0.05, 0) is 25.7 Å². The van der Waals surface area contributed by atoms with E-state index in [1.165, 1.54) is 50.2 Å². The summed E-state index contributed by atoms with van der Waals surface area (Å²) in [6, 6.07) is 0. The van der Waals surface area contributed by atoms with Crippen molar-refractivity contribution in [2.75, 3.05) is 0 Å². The van der Waals surface area contributed by atoms with Crippen molar-refractivity contribution in [2.24, 2.45) is 5.73 Å². The first kappa shape index (κ1) is 16.0. The molecule has 0 spiro atoms. The van der Waals surface area contributed by atoms with Crippen molar-refractivity contribution in [1.29, 1.82) is 0 Å². The number of amides is 1. The zero-order chi connectivity index (χ0) is 12.9. The standard InChI is InChI=1S/C15H27NO/c1-3-5-7-10-14(11-8-6-4-2)12-9-13-15(16)17/h9,12-13H,3-8,10-11H2,1-2H3,(H2,16,17)/b13-9+. The molecule has 98 valence electrons. The van der Waals surface area contributed by atoms with E-state index >= 15 is 0 Å². The van der Waals surface area contributed by atoms with Crippen LogP contribution in [0.1, 0.15) is 65.2 Å². The van der Waals surface area contributed by atoms with E-state index in [2.05, 4.69) is 19.9 Å². The molecule has 0 aliphatic rings. The van der Waals surface area contributed by atoms with Crippen LogP contribution in [0.15, 0.2) is 23.8 Å². The maximum atomic E-state index is 10.6. The van der Waals surface area contributed by atoms with Gasteiger partial charge in [0.2, 0.25) is 5.91 Å². The van der Waals surface area contributed by atoms with Crippen molar-refractivity contribution in [3.8, 4) is 0 Å². The monoisotopic (exact) mass is 237 g/mol. The second-order valence-electron chi connectivity index (χ2n) is 4.50. The first-order valence-corrected chi connectivity index (χ1v) is 6.86. The highest BCUT2D eigenvalue weighted by Crippen LogP contribution is 2.16. The van der Waals surface area contributed by atoms with Crippen molar-refractivity contribution < 1.29 is 4.79 Å². The van der Waals surface area contributed by atoms with Crippen LogP contribution >= 0.6 is 0 Å². The Bertz CT molecular complexity index is 242. The van der Waals surface area contributed by atoms with E-state index in [9.17, 15) is 4.79 Å². The Morgan fingerprint density at radius 3 is 1.94 bits per heavy atom. The summed E-state index contributed by atoms with van der Waals surface area (Å²) in [5, 5.41) is 0. The van der Waals surface area contributed by atoms with Gasteiger partial charge in [0.1, 0.15) is 0 Å². The van der Waals surface area contributed by atoms with Gasteiger partial charge in [0, 0.05) is 6.08 Å². The molecule has 2 nitrogen and oxygen atoms in total. The molecule has 2 N–H and O–H groups in total.